The summed E-state index contributed by atoms with van der Waals surface area (Å²) in [6, 6.07) is 15.6. The Bertz CT molecular complexity index is 705. The molecule has 0 saturated heterocycles. The summed E-state index contributed by atoms with van der Waals surface area (Å²) in [7, 11) is 0. The lowest BCUT2D eigenvalue weighted by atomic mass is 10.1. The minimum absolute atomic E-state index is 0.148. The average molecular weight is 353 g/mol. The summed E-state index contributed by atoms with van der Waals surface area (Å²) in [4.78, 5) is 14.2. The van der Waals surface area contributed by atoms with Crippen LogP contribution in [0, 0.1) is 0 Å². The van der Waals surface area contributed by atoms with Crippen LogP contribution in [0.5, 0.6) is 5.75 Å². The summed E-state index contributed by atoms with van der Waals surface area (Å²) in [5.74, 6) is 0.660. The van der Waals surface area contributed by atoms with Crippen molar-refractivity contribution < 1.29 is 9.53 Å². The van der Waals surface area contributed by atoms with Crippen molar-refractivity contribution in [1.29, 1.82) is 0 Å². The number of hydrazone groups is 1. The second-order valence-corrected chi connectivity index (χ2v) is 5.81. The van der Waals surface area contributed by atoms with Gasteiger partial charge in [0.15, 0.2) is 0 Å². The number of anilines is 1. The number of carbonyl (C=O) groups excluding carboxylic acids is 1. The first-order valence-corrected chi connectivity index (χ1v) is 9.04. The zero-order valence-corrected chi connectivity index (χ0v) is 15.7. The SMILES string of the molecule is CCOc1ccc(CC(=O)N/N=C/c2ccc(N(CC)CC)cc2)cc1. The minimum atomic E-state index is -0.148. The maximum atomic E-state index is 12.0. The molecule has 2 rings (SSSR count). The first-order valence-electron chi connectivity index (χ1n) is 9.04. The standard InChI is InChI=1S/C21H27N3O2/c1-4-24(5-2)19-11-7-18(8-12-19)16-22-23-21(25)15-17-9-13-20(14-10-17)26-6-3/h7-14,16H,4-6,15H2,1-3H3,(H,23,25)/b22-16+. The van der Waals surface area contributed by atoms with Gasteiger partial charge < -0.3 is 9.64 Å². The van der Waals surface area contributed by atoms with E-state index in [1.165, 1.54) is 5.69 Å². The molecule has 138 valence electrons. The maximum absolute atomic E-state index is 12.0. The maximum Gasteiger partial charge on any atom is 0.244 e. The number of hydrogen-bond donors (Lipinski definition) is 1. The fourth-order valence-corrected chi connectivity index (χ4v) is 2.63. The molecule has 1 amide bonds. The summed E-state index contributed by atoms with van der Waals surface area (Å²) in [5, 5.41) is 4.04. The lowest BCUT2D eigenvalue weighted by Gasteiger charge is -2.20. The molecular formula is C21H27N3O2. The topological polar surface area (TPSA) is 53.9 Å². The summed E-state index contributed by atoms with van der Waals surface area (Å²) >= 11 is 0. The van der Waals surface area contributed by atoms with Crippen LogP contribution < -0.4 is 15.1 Å². The number of rotatable bonds is 9. The van der Waals surface area contributed by atoms with E-state index in [9.17, 15) is 4.79 Å². The van der Waals surface area contributed by atoms with Crippen molar-refractivity contribution in [3.8, 4) is 5.75 Å². The van der Waals surface area contributed by atoms with Crippen LogP contribution in [-0.2, 0) is 11.2 Å². The molecule has 0 radical (unpaired) electrons. The molecule has 0 heterocycles. The molecular weight excluding hydrogens is 326 g/mol. The van der Waals surface area contributed by atoms with Crippen molar-refractivity contribution in [2.24, 2.45) is 5.10 Å². The van der Waals surface area contributed by atoms with E-state index in [2.05, 4.69) is 41.4 Å². The van der Waals surface area contributed by atoms with E-state index in [1.807, 2.05) is 43.3 Å². The van der Waals surface area contributed by atoms with Gasteiger partial charge in [-0.3, -0.25) is 4.79 Å². The van der Waals surface area contributed by atoms with Crippen LogP contribution in [0.3, 0.4) is 0 Å². The van der Waals surface area contributed by atoms with E-state index in [-0.39, 0.29) is 12.3 Å². The molecule has 0 bridgehead atoms. The van der Waals surface area contributed by atoms with Gasteiger partial charge in [-0.05, 0) is 56.2 Å². The van der Waals surface area contributed by atoms with E-state index < -0.39 is 0 Å². The lowest BCUT2D eigenvalue weighted by molar-refractivity contribution is -0.120. The third kappa shape index (κ3) is 5.92. The van der Waals surface area contributed by atoms with E-state index in [0.29, 0.717) is 6.61 Å². The van der Waals surface area contributed by atoms with Gasteiger partial charge in [-0.2, -0.15) is 5.10 Å². The Morgan fingerprint density at radius 1 is 1.04 bits per heavy atom. The highest BCUT2D eigenvalue weighted by Gasteiger charge is 2.03. The van der Waals surface area contributed by atoms with Gasteiger partial charge in [0.1, 0.15) is 5.75 Å². The van der Waals surface area contributed by atoms with Crippen molar-refractivity contribution in [3.05, 3.63) is 59.7 Å². The van der Waals surface area contributed by atoms with Crippen molar-refractivity contribution in [2.75, 3.05) is 24.6 Å². The molecule has 2 aromatic carbocycles. The normalized spacial score (nSPS) is 10.7. The molecule has 0 aliphatic carbocycles. The van der Waals surface area contributed by atoms with Crippen molar-refractivity contribution in [1.82, 2.24) is 5.43 Å². The van der Waals surface area contributed by atoms with Gasteiger partial charge in [0.25, 0.3) is 0 Å². The highest BCUT2D eigenvalue weighted by molar-refractivity contribution is 5.83. The Hall–Kier alpha value is -2.82. The van der Waals surface area contributed by atoms with Crippen LogP contribution in [0.25, 0.3) is 0 Å². The van der Waals surface area contributed by atoms with E-state index in [0.717, 1.165) is 30.0 Å². The van der Waals surface area contributed by atoms with Gasteiger partial charge in [-0.25, -0.2) is 5.43 Å². The second kappa shape index (κ2) is 10.2. The van der Waals surface area contributed by atoms with Crippen LogP contribution in [0.15, 0.2) is 53.6 Å². The van der Waals surface area contributed by atoms with E-state index >= 15 is 0 Å². The summed E-state index contributed by atoms with van der Waals surface area (Å²) in [5.41, 5.74) is 5.62. The fourth-order valence-electron chi connectivity index (χ4n) is 2.63. The zero-order valence-electron chi connectivity index (χ0n) is 15.7. The first-order chi connectivity index (χ1) is 12.7. The van der Waals surface area contributed by atoms with Crippen molar-refractivity contribution >= 4 is 17.8 Å². The molecule has 5 heteroatoms. The molecule has 1 N–H and O–H groups in total. The van der Waals surface area contributed by atoms with E-state index in [1.54, 1.807) is 6.21 Å². The minimum Gasteiger partial charge on any atom is -0.494 e. The average Bonchev–Trinajstić information content (AvgIpc) is 2.66. The molecule has 0 atom stereocenters. The fraction of sp³-hybridized carbons (Fsp3) is 0.333. The van der Waals surface area contributed by atoms with Crippen LogP contribution >= 0.6 is 0 Å². The molecule has 0 aliphatic rings. The van der Waals surface area contributed by atoms with Crippen molar-refractivity contribution in [2.45, 2.75) is 27.2 Å². The van der Waals surface area contributed by atoms with Gasteiger partial charge in [0, 0.05) is 18.8 Å². The zero-order chi connectivity index (χ0) is 18.8. The molecule has 2 aromatic rings. The van der Waals surface area contributed by atoms with Crippen LogP contribution in [-0.4, -0.2) is 31.8 Å². The van der Waals surface area contributed by atoms with Gasteiger partial charge in [0.05, 0.1) is 19.2 Å². The van der Waals surface area contributed by atoms with Crippen LogP contribution in [0.2, 0.25) is 0 Å². The van der Waals surface area contributed by atoms with Crippen LogP contribution in [0.4, 0.5) is 5.69 Å². The van der Waals surface area contributed by atoms with Crippen molar-refractivity contribution in [3.63, 3.8) is 0 Å². The third-order valence-corrected chi connectivity index (χ3v) is 4.02. The number of nitrogens with zero attached hydrogens (tertiary/aromatic N) is 2. The lowest BCUT2D eigenvalue weighted by Crippen LogP contribution is -2.21. The number of ether oxygens (including phenoxy) is 1. The summed E-state index contributed by atoms with van der Waals surface area (Å²) < 4.78 is 5.39. The van der Waals surface area contributed by atoms with Gasteiger partial charge in [-0.15, -0.1) is 0 Å². The largest absolute Gasteiger partial charge is 0.494 e. The number of carbonyl (C=O) groups is 1. The molecule has 5 nitrogen and oxygen atoms in total. The highest BCUT2D eigenvalue weighted by atomic mass is 16.5. The molecule has 0 fully saturated rings. The molecule has 0 unspecified atom stereocenters. The smallest absolute Gasteiger partial charge is 0.244 e. The Morgan fingerprint density at radius 2 is 1.69 bits per heavy atom. The summed E-state index contributed by atoms with van der Waals surface area (Å²) in [6.07, 6.45) is 1.94. The van der Waals surface area contributed by atoms with Gasteiger partial charge in [0.2, 0.25) is 5.91 Å². The van der Waals surface area contributed by atoms with Gasteiger partial charge >= 0.3 is 0 Å². The first kappa shape index (κ1) is 19.5. The Kier molecular flexibility index (Phi) is 7.68. The van der Waals surface area contributed by atoms with Gasteiger partial charge in [-0.1, -0.05) is 24.3 Å². The molecule has 26 heavy (non-hydrogen) atoms. The second-order valence-electron chi connectivity index (χ2n) is 5.81. The number of nitrogens with one attached hydrogen (secondary N) is 1. The summed E-state index contributed by atoms with van der Waals surface area (Å²) in [6.45, 7) is 8.80. The Balaban J connectivity index is 1.84. The predicted octanol–water partition coefficient (Wildman–Crippen LogP) is 3.62. The number of hydrogen-bond acceptors (Lipinski definition) is 4. The Morgan fingerprint density at radius 3 is 2.27 bits per heavy atom. The predicted molar refractivity (Wildman–Crippen MR) is 107 cm³/mol. The van der Waals surface area contributed by atoms with Crippen LogP contribution in [0.1, 0.15) is 31.9 Å². The quantitative estimate of drug-likeness (QED) is 0.553. The molecule has 0 aliphatic heterocycles. The molecule has 0 aromatic heterocycles. The number of benzene rings is 2. The molecule has 0 spiro atoms. The van der Waals surface area contributed by atoms with E-state index in [4.69, 9.17) is 4.74 Å². The number of amides is 1. The molecule has 0 saturated carbocycles. The Labute approximate surface area is 155 Å². The third-order valence-electron chi connectivity index (χ3n) is 4.02. The highest BCUT2D eigenvalue weighted by Crippen LogP contribution is 2.14. The monoisotopic (exact) mass is 353 g/mol.